The molecule has 0 unspecified atom stereocenters. The summed E-state index contributed by atoms with van der Waals surface area (Å²) in [5.41, 5.74) is 3.09. The molecule has 0 aromatic heterocycles. The van der Waals surface area contributed by atoms with Gasteiger partial charge in [0.2, 0.25) is 11.8 Å². The second kappa shape index (κ2) is 14.0. The first-order chi connectivity index (χ1) is 18.0. The molecule has 0 bridgehead atoms. The number of amides is 2. The quantitative estimate of drug-likeness (QED) is 0.257. The maximum atomic E-state index is 13.8. The molecule has 1 fully saturated rings. The van der Waals surface area contributed by atoms with Gasteiger partial charge in [0.05, 0.1) is 5.75 Å². The molecule has 1 N–H and O–H groups in total. The number of hydrogen-bond donors (Lipinski definition) is 1. The average Bonchev–Trinajstić information content (AvgIpc) is 3.40. The summed E-state index contributed by atoms with van der Waals surface area (Å²) in [5, 5.41) is 3.94. The molecule has 1 aliphatic rings. The minimum Gasteiger partial charge on any atom is -0.352 e. The van der Waals surface area contributed by atoms with Crippen LogP contribution in [0, 0.1) is 0 Å². The van der Waals surface area contributed by atoms with E-state index in [1.54, 1.807) is 16.7 Å². The van der Waals surface area contributed by atoms with Crippen LogP contribution in [0.1, 0.15) is 42.4 Å². The van der Waals surface area contributed by atoms with Gasteiger partial charge in [0, 0.05) is 34.3 Å². The van der Waals surface area contributed by atoms with E-state index in [2.05, 4.69) is 21.2 Å². The Labute approximate surface area is 237 Å². The van der Waals surface area contributed by atoms with Crippen molar-refractivity contribution in [2.45, 2.75) is 56.5 Å². The van der Waals surface area contributed by atoms with Crippen molar-refractivity contribution >= 4 is 51.1 Å². The number of carbonyl (C=O) groups excluding carboxylic acids is 2. The molecule has 4 nitrogen and oxygen atoms in total. The van der Waals surface area contributed by atoms with E-state index in [9.17, 15) is 9.59 Å². The monoisotopic (exact) mass is 598 g/mol. The summed E-state index contributed by atoms with van der Waals surface area (Å²) < 4.78 is 0.947. The van der Waals surface area contributed by atoms with Crippen molar-refractivity contribution in [3.8, 4) is 0 Å². The molecule has 1 aliphatic carbocycles. The predicted molar refractivity (Wildman–Crippen MR) is 157 cm³/mol. The Morgan fingerprint density at radius 1 is 0.946 bits per heavy atom. The number of benzene rings is 3. The smallest absolute Gasteiger partial charge is 0.243 e. The number of rotatable bonds is 11. The fourth-order valence-electron chi connectivity index (χ4n) is 4.72. The fourth-order valence-corrected chi connectivity index (χ4v) is 6.24. The van der Waals surface area contributed by atoms with Crippen molar-refractivity contribution in [3.63, 3.8) is 0 Å². The molecule has 1 saturated carbocycles. The zero-order valence-corrected chi connectivity index (χ0v) is 23.9. The third-order valence-corrected chi connectivity index (χ3v) is 8.31. The van der Waals surface area contributed by atoms with Crippen LogP contribution in [0.25, 0.3) is 0 Å². The highest BCUT2D eigenvalue weighted by molar-refractivity contribution is 9.10. The normalized spacial score (nSPS) is 14.3. The van der Waals surface area contributed by atoms with Gasteiger partial charge >= 0.3 is 0 Å². The summed E-state index contributed by atoms with van der Waals surface area (Å²) in [6.07, 6.45) is 4.74. The largest absolute Gasteiger partial charge is 0.352 e. The molecule has 194 valence electrons. The molecule has 7 heteroatoms. The summed E-state index contributed by atoms with van der Waals surface area (Å²) in [6, 6.07) is 25.2. The Hall–Kier alpha value is -2.28. The molecule has 3 aromatic carbocycles. The van der Waals surface area contributed by atoms with E-state index >= 15 is 0 Å². The number of thioether (sulfide) groups is 1. The van der Waals surface area contributed by atoms with Crippen LogP contribution in [0.15, 0.2) is 83.3 Å². The van der Waals surface area contributed by atoms with E-state index in [1.165, 1.54) is 0 Å². The lowest BCUT2D eigenvalue weighted by Crippen LogP contribution is -2.52. The van der Waals surface area contributed by atoms with Crippen LogP contribution in [-0.2, 0) is 28.3 Å². The van der Waals surface area contributed by atoms with Crippen LogP contribution in [0.5, 0.6) is 0 Å². The van der Waals surface area contributed by atoms with Crippen LogP contribution in [0.3, 0.4) is 0 Å². The van der Waals surface area contributed by atoms with Crippen LogP contribution < -0.4 is 5.32 Å². The minimum atomic E-state index is -0.596. The second-order valence-corrected chi connectivity index (χ2v) is 11.8. The first-order valence-corrected chi connectivity index (χ1v) is 15.0. The van der Waals surface area contributed by atoms with E-state index in [-0.39, 0.29) is 23.6 Å². The van der Waals surface area contributed by atoms with Gasteiger partial charge in [-0.3, -0.25) is 9.59 Å². The SMILES string of the molecule is O=C(NC1CCCC1)[C@H](Cc1ccccc1)N(Cc1cccc(Br)c1)C(=O)CSCc1cccc(Cl)c1. The molecule has 2 amide bonds. The maximum absolute atomic E-state index is 13.8. The van der Waals surface area contributed by atoms with Gasteiger partial charge in [-0.2, -0.15) is 0 Å². The first kappa shape index (κ1) is 27.7. The molecule has 0 spiro atoms. The van der Waals surface area contributed by atoms with Gasteiger partial charge in [0.1, 0.15) is 6.04 Å². The average molecular weight is 600 g/mol. The fraction of sp³-hybridized carbons (Fsp3) is 0.333. The van der Waals surface area contributed by atoms with Crippen molar-refractivity contribution in [2.75, 3.05) is 5.75 Å². The van der Waals surface area contributed by atoms with Gasteiger partial charge in [-0.15, -0.1) is 11.8 Å². The van der Waals surface area contributed by atoms with Crippen LogP contribution in [0.4, 0.5) is 0 Å². The molecule has 0 saturated heterocycles. The summed E-state index contributed by atoms with van der Waals surface area (Å²) in [4.78, 5) is 29.2. The molecule has 4 rings (SSSR count). The highest BCUT2D eigenvalue weighted by Gasteiger charge is 2.32. The van der Waals surface area contributed by atoms with E-state index in [1.807, 2.05) is 78.9 Å². The molecule has 3 aromatic rings. The van der Waals surface area contributed by atoms with E-state index < -0.39 is 6.04 Å². The Bertz CT molecular complexity index is 1190. The molecule has 0 radical (unpaired) electrons. The molecular weight excluding hydrogens is 568 g/mol. The number of nitrogens with one attached hydrogen (secondary N) is 1. The van der Waals surface area contributed by atoms with Crippen molar-refractivity contribution < 1.29 is 9.59 Å². The van der Waals surface area contributed by atoms with Gasteiger partial charge in [-0.1, -0.05) is 95.0 Å². The molecule has 0 heterocycles. The molecular formula is C30H32BrClN2O2S. The topological polar surface area (TPSA) is 49.4 Å². The van der Waals surface area contributed by atoms with Crippen molar-refractivity contribution in [3.05, 3.63) is 105 Å². The number of halogens is 2. The Balaban J connectivity index is 1.56. The van der Waals surface area contributed by atoms with Gasteiger partial charge in [-0.25, -0.2) is 0 Å². The van der Waals surface area contributed by atoms with Gasteiger partial charge in [0.25, 0.3) is 0 Å². The first-order valence-electron chi connectivity index (χ1n) is 12.7. The highest BCUT2D eigenvalue weighted by atomic mass is 79.9. The predicted octanol–water partition coefficient (Wildman–Crippen LogP) is 7.03. The van der Waals surface area contributed by atoms with Gasteiger partial charge in [0.15, 0.2) is 0 Å². The van der Waals surface area contributed by atoms with Crippen molar-refractivity contribution in [2.24, 2.45) is 0 Å². The number of carbonyl (C=O) groups is 2. The van der Waals surface area contributed by atoms with Gasteiger partial charge < -0.3 is 10.2 Å². The summed E-state index contributed by atoms with van der Waals surface area (Å²) in [6.45, 7) is 0.367. The van der Waals surface area contributed by atoms with E-state index in [0.717, 1.165) is 46.8 Å². The Morgan fingerprint density at radius 2 is 1.65 bits per heavy atom. The van der Waals surface area contributed by atoms with Crippen LogP contribution >= 0.6 is 39.3 Å². The lowest BCUT2D eigenvalue weighted by molar-refractivity contribution is -0.139. The van der Waals surface area contributed by atoms with Crippen LogP contribution in [-0.4, -0.2) is 34.6 Å². The standard InChI is InChI=1S/C30H32BrClN2O2S/c31-25-12-6-10-23(16-25)19-34(29(35)21-37-20-24-11-7-13-26(32)17-24)28(18-22-8-2-1-3-9-22)30(36)33-27-14-4-5-15-27/h1-3,6-13,16-17,27-28H,4-5,14-15,18-21H2,(H,33,36)/t28-/m0/s1. The second-order valence-electron chi connectivity index (χ2n) is 9.47. The Kier molecular flexibility index (Phi) is 10.5. The Morgan fingerprint density at radius 3 is 2.38 bits per heavy atom. The molecule has 0 aliphatic heterocycles. The number of hydrogen-bond acceptors (Lipinski definition) is 3. The summed E-state index contributed by atoms with van der Waals surface area (Å²) in [5.74, 6) is 0.838. The van der Waals surface area contributed by atoms with Crippen molar-refractivity contribution in [1.82, 2.24) is 10.2 Å². The minimum absolute atomic E-state index is 0.0468. The lowest BCUT2D eigenvalue weighted by atomic mass is 10.0. The highest BCUT2D eigenvalue weighted by Crippen LogP contribution is 2.23. The van der Waals surface area contributed by atoms with Gasteiger partial charge in [-0.05, 0) is 53.8 Å². The summed E-state index contributed by atoms with van der Waals surface area (Å²) in [7, 11) is 0. The summed E-state index contributed by atoms with van der Waals surface area (Å²) >= 11 is 11.2. The van der Waals surface area contributed by atoms with E-state index in [0.29, 0.717) is 23.7 Å². The third-order valence-electron chi connectivity index (χ3n) is 6.60. The lowest BCUT2D eigenvalue weighted by Gasteiger charge is -2.32. The zero-order chi connectivity index (χ0) is 26.0. The third kappa shape index (κ3) is 8.62. The maximum Gasteiger partial charge on any atom is 0.243 e. The van der Waals surface area contributed by atoms with E-state index in [4.69, 9.17) is 11.6 Å². The zero-order valence-electron chi connectivity index (χ0n) is 20.7. The van der Waals surface area contributed by atoms with Crippen LogP contribution in [0.2, 0.25) is 5.02 Å². The molecule has 37 heavy (non-hydrogen) atoms. The number of nitrogens with zero attached hydrogens (tertiary/aromatic N) is 1. The molecule has 1 atom stereocenters. The van der Waals surface area contributed by atoms with Crippen molar-refractivity contribution in [1.29, 1.82) is 0 Å².